The Bertz CT molecular complexity index is 701. The van der Waals surface area contributed by atoms with E-state index in [1.165, 1.54) is 6.92 Å². The van der Waals surface area contributed by atoms with Crippen LogP contribution in [0, 0.1) is 0 Å². The molecule has 182 valence electrons. The minimum absolute atomic E-state index is 0.127. The van der Waals surface area contributed by atoms with Gasteiger partial charge < -0.3 is 42.3 Å². The largest absolute Gasteiger partial charge is 0.481 e. The van der Waals surface area contributed by atoms with Gasteiger partial charge in [0, 0.05) is 6.54 Å². The molecule has 0 aromatic heterocycles. The lowest BCUT2D eigenvalue weighted by atomic mass is 10.1. The number of rotatable bonds is 13. The Balaban J connectivity index is 3.00. The first kappa shape index (κ1) is 27.3. The van der Waals surface area contributed by atoms with Gasteiger partial charge in [-0.05, 0) is 45.6 Å². The van der Waals surface area contributed by atoms with Crippen molar-refractivity contribution in [2.75, 3.05) is 13.1 Å². The van der Waals surface area contributed by atoms with Crippen LogP contribution in [0.2, 0.25) is 0 Å². The molecule has 3 amide bonds. The van der Waals surface area contributed by atoms with Crippen LogP contribution in [0.4, 0.5) is 0 Å². The van der Waals surface area contributed by atoms with Crippen LogP contribution in [0.1, 0.15) is 45.4 Å². The number of carboxylic acids is 2. The number of aliphatic hydroxyl groups is 1. The van der Waals surface area contributed by atoms with E-state index in [1.807, 2.05) is 0 Å². The topological polar surface area (TPSA) is 225 Å². The van der Waals surface area contributed by atoms with Crippen LogP contribution in [0.15, 0.2) is 0 Å². The minimum atomic E-state index is -1.51. The van der Waals surface area contributed by atoms with Crippen LogP contribution in [-0.4, -0.2) is 93.2 Å². The lowest BCUT2D eigenvalue weighted by Gasteiger charge is -2.28. The molecule has 1 aliphatic rings. The summed E-state index contributed by atoms with van der Waals surface area (Å²) in [5.74, 6) is -5.01. The van der Waals surface area contributed by atoms with Gasteiger partial charge in [-0.3, -0.25) is 19.2 Å². The number of carboxylic acid groups (broad SMARTS) is 2. The van der Waals surface area contributed by atoms with Crippen LogP contribution in [0.25, 0.3) is 0 Å². The zero-order valence-electron chi connectivity index (χ0n) is 18.0. The fraction of sp³-hybridized carbons (Fsp3) is 0.737. The summed E-state index contributed by atoms with van der Waals surface area (Å²) < 4.78 is 0. The Kier molecular flexibility index (Phi) is 11.0. The van der Waals surface area contributed by atoms with Crippen molar-refractivity contribution < 1.29 is 39.3 Å². The molecule has 0 spiro atoms. The van der Waals surface area contributed by atoms with E-state index in [2.05, 4.69) is 10.6 Å². The van der Waals surface area contributed by atoms with Crippen LogP contribution in [0.3, 0.4) is 0 Å². The molecule has 0 aromatic carbocycles. The molecule has 0 radical (unpaired) electrons. The quantitative estimate of drug-likeness (QED) is 0.141. The molecule has 1 heterocycles. The summed E-state index contributed by atoms with van der Waals surface area (Å²) in [6, 6.07) is -5.06. The normalized spacial score (nSPS) is 19.5. The third-order valence-corrected chi connectivity index (χ3v) is 5.22. The molecule has 32 heavy (non-hydrogen) atoms. The lowest BCUT2D eigenvalue weighted by Crippen LogP contribution is -2.58. The van der Waals surface area contributed by atoms with Gasteiger partial charge in [0.15, 0.2) is 0 Å². The van der Waals surface area contributed by atoms with E-state index in [0.29, 0.717) is 25.8 Å². The molecule has 1 rings (SSSR count). The number of nitrogens with zero attached hydrogens (tertiary/aromatic N) is 1. The fourth-order valence-corrected chi connectivity index (χ4v) is 3.38. The molecule has 0 aliphatic carbocycles. The summed E-state index contributed by atoms with van der Waals surface area (Å²) in [5.41, 5.74) is 11.1. The fourth-order valence-electron chi connectivity index (χ4n) is 3.38. The molecule has 5 atom stereocenters. The summed E-state index contributed by atoms with van der Waals surface area (Å²) in [6.07, 6.45) is -0.139. The van der Waals surface area contributed by atoms with Gasteiger partial charge in [0.2, 0.25) is 17.7 Å². The Morgan fingerprint density at radius 1 is 1.06 bits per heavy atom. The number of amides is 3. The molecule has 0 saturated carbocycles. The zero-order chi connectivity index (χ0) is 24.4. The number of unbranched alkanes of at least 4 members (excludes halogenated alkanes) is 1. The molecule has 9 N–H and O–H groups in total. The van der Waals surface area contributed by atoms with Crippen molar-refractivity contribution in [1.29, 1.82) is 0 Å². The number of nitrogens with one attached hydrogen (secondary N) is 2. The molecule has 13 nitrogen and oxygen atoms in total. The smallest absolute Gasteiger partial charge is 0.326 e. The number of carbonyl (C=O) groups excluding carboxylic acids is 3. The first-order valence-corrected chi connectivity index (χ1v) is 10.5. The monoisotopic (exact) mass is 459 g/mol. The minimum Gasteiger partial charge on any atom is -0.481 e. The van der Waals surface area contributed by atoms with Gasteiger partial charge in [0.05, 0.1) is 12.5 Å². The standard InChI is InChI=1S/C19H33N5O8/c1-10(25)15(21)17(29)22-11(5-2-3-7-20)16(28)23-12(9-14(26)27)18(30)24-8-4-6-13(24)19(31)32/h10-13,15,25H,2-9,20-21H2,1H3,(H,22,29)(H,23,28)(H,26,27)(H,31,32). The summed E-state index contributed by atoms with van der Waals surface area (Å²) >= 11 is 0. The highest BCUT2D eigenvalue weighted by atomic mass is 16.4. The van der Waals surface area contributed by atoms with Crippen LogP contribution >= 0.6 is 0 Å². The van der Waals surface area contributed by atoms with Crippen molar-refractivity contribution in [3.8, 4) is 0 Å². The van der Waals surface area contributed by atoms with Crippen molar-refractivity contribution in [2.24, 2.45) is 11.5 Å². The highest BCUT2D eigenvalue weighted by Gasteiger charge is 2.39. The van der Waals surface area contributed by atoms with Gasteiger partial charge in [-0.25, -0.2) is 4.79 Å². The maximum absolute atomic E-state index is 12.9. The van der Waals surface area contributed by atoms with Crippen molar-refractivity contribution >= 4 is 29.7 Å². The van der Waals surface area contributed by atoms with Gasteiger partial charge in [-0.1, -0.05) is 0 Å². The summed E-state index contributed by atoms with van der Waals surface area (Å²) in [6.45, 7) is 1.78. The van der Waals surface area contributed by atoms with Gasteiger partial charge in [0.25, 0.3) is 0 Å². The van der Waals surface area contributed by atoms with E-state index in [1.54, 1.807) is 0 Å². The van der Waals surface area contributed by atoms with E-state index in [9.17, 15) is 39.3 Å². The highest BCUT2D eigenvalue weighted by Crippen LogP contribution is 2.19. The summed E-state index contributed by atoms with van der Waals surface area (Å²) in [5, 5.41) is 32.7. The van der Waals surface area contributed by atoms with E-state index in [0.717, 1.165) is 4.90 Å². The average Bonchev–Trinajstić information content (AvgIpc) is 3.21. The van der Waals surface area contributed by atoms with Gasteiger partial charge in [-0.15, -0.1) is 0 Å². The summed E-state index contributed by atoms with van der Waals surface area (Å²) in [4.78, 5) is 61.7. The van der Waals surface area contributed by atoms with Gasteiger partial charge >= 0.3 is 11.9 Å². The molecule has 1 saturated heterocycles. The maximum Gasteiger partial charge on any atom is 0.326 e. The van der Waals surface area contributed by atoms with Crippen LogP contribution < -0.4 is 22.1 Å². The van der Waals surface area contributed by atoms with Crippen molar-refractivity contribution in [1.82, 2.24) is 15.5 Å². The second-order valence-corrected chi connectivity index (χ2v) is 7.80. The molecule has 1 fully saturated rings. The predicted octanol–water partition coefficient (Wildman–Crippen LogP) is -2.66. The Morgan fingerprint density at radius 3 is 2.22 bits per heavy atom. The lowest BCUT2D eigenvalue weighted by molar-refractivity contribution is -0.150. The third kappa shape index (κ3) is 8.05. The van der Waals surface area contributed by atoms with Crippen LogP contribution in [0.5, 0.6) is 0 Å². The van der Waals surface area contributed by atoms with E-state index < -0.39 is 66.4 Å². The predicted molar refractivity (Wildman–Crippen MR) is 111 cm³/mol. The average molecular weight is 460 g/mol. The van der Waals surface area contributed by atoms with E-state index in [4.69, 9.17) is 11.5 Å². The SMILES string of the molecule is CC(O)C(N)C(=O)NC(CCCCN)C(=O)NC(CC(=O)O)C(=O)N1CCCC1C(=O)O. The third-order valence-electron chi connectivity index (χ3n) is 5.22. The van der Waals surface area contributed by atoms with E-state index in [-0.39, 0.29) is 19.4 Å². The van der Waals surface area contributed by atoms with E-state index >= 15 is 0 Å². The Labute approximate surface area is 185 Å². The molecular weight excluding hydrogens is 426 g/mol. The number of aliphatic hydroxyl groups excluding tert-OH is 1. The number of likely N-dealkylation sites (tertiary alicyclic amines) is 1. The summed E-state index contributed by atoms with van der Waals surface area (Å²) in [7, 11) is 0. The number of nitrogens with two attached hydrogens (primary N) is 2. The number of carbonyl (C=O) groups is 5. The highest BCUT2D eigenvalue weighted by molar-refractivity contribution is 5.95. The van der Waals surface area contributed by atoms with Crippen molar-refractivity contribution in [3.63, 3.8) is 0 Å². The second kappa shape index (κ2) is 12.9. The molecule has 13 heteroatoms. The van der Waals surface area contributed by atoms with Gasteiger partial charge in [0.1, 0.15) is 24.2 Å². The maximum atomic E-state index is 12.9. The van der Waals surface area contributed by atoms with Crippen LogP contribution in [-0.2, 0) is 24.0 Å². The van der Waals surface area contributed by atoms with Gasteiger partial charge in [-0.2, -0.15) is 0 Å². The molecular formula is C19H33N5O8. The zero-order valence-corrected chi connectivity index (χ0v) is 18.0. The first-order valence-electron chi connectivity index (χ1n) is 10.5. The molecule has 5 unspecified atom stereocenters. The van der Waals surface area contributed by atoms with Crippen molar-refractivity contribution in [2.45, 2.75) is 75.7 Å². The Hall–Kier alpha value is -2.77. The molecule has 0 bridgehead atoms. The number of hydrogen-bond donors (Lipinski definition) is 7. The second-order valence-electron chi connectivity index (χ2n) is 7.80. The molecule has 1 aliphatic heterocycles. The first-order chi connectivity index (χ1) is 15.0. The Morgan fingerprint density at radius 2 is 1.69 bits per heavy atom. The van der Waals surface area contributed by atoms with Crippen molar-refractivity contribution in [3.05, 3.63) is 0 Å². The number of aliphatic carboxylic acids is 2. The number of hydrogen-bond acceptors (Lipinski definition) is 8. The molecule has 0 aromatic rings.